The van der Waals surface area contributed by atoms with Crippen molar-refractivity contribution in [2.45, 2.75) is 57.8 Å². The Morgan fingerprint density at radius 2 is 1.97 bits per heavy atom. The van der Waals surface area contributed by atoms with Crippen LogP contribution in [-0.2, 0) is 6.42 Å². The molecule has 2 N–H and O–H groups in total. The number of phenols is 1. The molecule has 0 saturated heterocycles. The van der Waals surface area contributed by atoms with Crippen LogP contribution in [0.25, 0.3) is 0 Å². The van der Waals surface area contributed by atoms with Crippen molar-refractivity contribution < 1.29 is 15.1 Å². The highest BCUT2D eigenvalue weighted by molar-refractivity contribution is 7.99. The van der Waals surface area contributed by atoms with Gasteiger partial charge in [-0.25, -0.2) is 0 Å². The highest BCUT2D eigenvalue weighted by Gasteiger charge is 2.17. The lowest BCUT2D eigenvalue weighted by Crippen LogP contribution is -2.06. The SMILES string of the molecule is CCCC(=NO)c1ccc(OCCCSc2cccc(C)c2Cl)c(CCC)c1O. The average molecular weight is 436 g/mol. The molecule has 0 spiro atoms. The minimum Gasteiger partial charge on any atom is -0.507 e. The number of ether oxygens (including phenoxy) is 1. The van der Waals surface area contributed by atoms with Crippen molar-refractivity contribution in [2.24, 2.45) is 5.16 Å². The molecule has 29 heavy (non-hydrogen) atoms. The van der Waals surface area contributed by atoms with Gasteiger partial charge in [-0.15, -0.1) is 11.8 Å². The van der Waals surface area contributed by atoms with Gasteiger partial charge >= 0.3 is 0 Å². The molecule has 0 aliphatic rings. The van der Waals surface area contributed by atoms with Gasteiger partial charge in [-0.1, -0.05) is 55.6 Å². The summed E-state index contributed by atoms with van der Waals surface area (Å²) >= 11 is 8.07. The lowest BCUT2D eigenvalue weighted by molar-refractivity contribution is 0.311. The fourth-order valence-corrected chi connectivity index (χ4v) is 4.34. The van der Waals surface area contributed by atoms with Crippen LogP contribution in [0.15, 0.2) is 40.4 Å². The molecule has 0 aliphatic carbocycles. The number of aromatic hydroxyl groups is 1. The van der Waals surface area contributed by atoms with Gasteiger partial charge in [0.2, 0.25) is 0 Å². The van der Waals surface area contributed by atoms with Crippen LogP contribution in [0.5, 0.6) is 11.5 Å². The van der Waals surface area contributed by atoms with Crippen LogP contribution in [0.3, 0.4) is 0 Å². The summed E-state index contributed by atoms with van der Waals surface area (Å²) in [5, 5.41) is 24.2. The lowest BCUT2D eigenvalue weighted by Gasteiger charge is -2.16. The largest absolute Gasteiger partial charge is 0.507 e. The fourth-order valence-electron chi connectivity index (χ4n) is 3.11. The maximum atomic E-state index is 10.7. The first kappa shape index (κ1) is 23.4. The minimum absolute atomic E-state index is 0.159. The predicted molar refractivity (Wildman–Crippen MR) is 122 cm³/mol. The van der Waals surface area contributed by atoms with Crippen molar-refractivity contribution in [2.75, 3.05) is 12.4 Å². The Bertz CT molecular complexity index is 839. The summed E-state index contributed by atoms with van der Waals surface area (Å²) in [4.78, 5) is 1.09. The third-order valence-electron chi connectivity index (χ3n) is 4.62. The highest BCUT2D eigenvalue weighted by atomic mass is 35.5. The summed E-state index contributed by atoms with van der Waals surface area (Å²) in [5.41, 5.74) is 2.94. The second kappa shape index (κ2) is 12.0. The molecule has 2 rings (SSSR count). The van der Waals surface area contributed by atoms with Crippen molar-refractivity contribution >= 4 is 29.1 Å². The third-order valence-corrected chi connectivity index (χ3v) is 6.38. The summed E-state index contributed by atoms with van der Waals surface area (Å²) in [6, 6.07) is 9.70. The number of thioether (sulfide) groups is 1. The maximum absolute atomic E-state index is 10.7. The van der Waals surface area contributed by atoms with Gasteiger partial charge in [0.05, 0.1) is 17.3 Å². The van der Waals surface area contributed by atoms with E-state index in [1.165, 1.54) is 0 Å². The van der Waals surface area contributed by atoms with Gasteiger partial charge in [0, 0.05) is 21.8 Å². The molecule has 0 aromatic heterocycles. The molecule has 0 saturated carbocycles. The average Bonchev–Trinajstić information content (AvgIpc) is 2.71. The second-order valence-corrected chi connectivity index (χ2v) is 8.44. The summed E-state index contributed by atoms with van der Waals surface area (Å²) in [5.74, 6) is 1.75. The number of phenolic OH excluding ortho intramolecular Hbond substituents is 1. The molecule has 6 heteroatoms. The number of rotatable bonds is 11. The minimum atomic E-state index is 0.159. The summed E-state index contributed by atoms with van der Waals surface area (Å²) in [6.45, 7) is 6.63. The van der Waals surface area contributed by atoms with Gasteiger partial charge in [0.15, 0.2) is 0 Å². The molecule has 0 bridgehead atoms. The molecular formula is C23H30ClNO3S. The van der Waals surface area contributed by atoms with Crippen molar-refractivity contribution in [1.82, 2.24) is 0 Å². The zero-order valence-electron chi connectivity index (χ0n) is 17.4. The van der Waals surface area contributed by atoms with Crippen LogP contribution in [-0.4, -0.2) is 28.4 Å². The van der Waals surface area contributed by atoms with Crippen LogP contribution in [0, 0.1) is 6.92 Å². The first-order valence-electron chi connectivity index (χ1n) is 10.1. The van der Waals surface area contributed by atoms with Gasteiger partial charge in [-0.2, -0.15) is 0 Å². The van der Waals surface area contributed by atoms with Crippen LogP contribution < -0.4 is 4.74 Å². The van der Waals surface area contributed by atoms with Gasteiger partial charge in [0.25, 0.3) is 0 Å². The Kier molecular flexibility index (Phi) is 9.68. The molecule has 0 aliphatic heterocycles. The molecule has 0 amide bonds. The molecule has 2 aromatic carbocycles. The molecule has 0 unspecified atom stereocenters. The quantitative estimate of drug-likeness (QED) is 0.133. The third kappa shape index (κ3) is 6.31. The van der Waals surface area contributed by atoms with E-state index in [-0.39, 0.29) is 5.75 Å². The number of hydrogen-bond donors (Lipinski definition) is 2. The zero-order valence-corrected chi connectivity index (χ0v) is 18.9. The number of benzene rings is 2. The summed E-state index contributed by atoms with van der Waals surface area (Å²) in [6.07, 6.45) is 3.89. The Morgan fingerprint density at radius 3 is 2.66 bits per heavy atom. The number of nitrogens with zero attached hydrogens (tertiary/aromatic N) is 1. The van der Waals surface area contributed by atoms with E-state index in [4.69, 9.17) is 16.3 Å². The van der Waals surface area contributed by atoms with E-state index in [1.807, 2.05) is 38.1 Å². The molecule has 4 nitrogen and oxygen atoms in total. The van der Waals surface area contributed by atoms with E-state index in [2.05, 4.69) is 12.1 Å². The van der Waals surface area contributed by atoms with Crippen molar-refractivity contribution in [3.63, 3.8) is 0 Å². The van der Waals surface area contributed by atoms with Crippen LogP contribution in [0.4, 0.5) is 0 Å². The smallest absolute Gasteiger partial charge is 0.131 e. The first-order chi connectivity index (χ1) is 14.0. The van der Waals surface area contributed by atoms with Gasteiger partial charge in [-0.3, -0.25) is 0 Å². The molecule has 0 heterocycles. The highest BCUT2D eigenvalue weighted by Crippen LogP contribution is 2.34. The Morgan fingerprint density at radius 1 is 1.17 bits per heavy atom. The van der Waals surface area contributed by atoms with E-state index in [9.17, 15) is 10.3 Å². The molecular weight excluding hydrogens is 406 g/mol. The van der Waals surface area contributed by atoms with Crippen molar-refractivity contribution in [3.8, 4) is 11.5 Å². The normalized spacial score (nSPS) is 11.7. The number of hydrogen-bond acceptors (Lipinski definition) is 5. The van der Waals surface area contributed by atoms with E-state index in [0.29, 0.717) is 36.5 Å². The zero-order chi connectivity index (χ0) is 21.2. The first-order valence-corrected chi connectivity index (χ1v) is 11.5. The fraction of sp³-hybridized carbons (Fsp3) is 0.435. The molecule has 0 atom stereocenters. The van der Waals surface area contributed by atoms with Gasteiger partial charge in [0.1, 0.15) is 11.5 Å². The van der Waals surface area contributed by atoms with Crippen LogP contribution in [0.2, 0.25) is 5.02 Å². The Balaban J connectivity index is 2.01. The van der Waals surface area contributed by atoms with Crippen LogP contribution in [0.1, 0.15) is 56.2 Å². The standard InChI is InChI=1S/C23H30ClNO3S/c1-4-8-18-20(13-12-17(23(18)26)19(25-27)9-5-2)28-14-7-15-29-21-11-6-10-16(3)22(21)24/h6,10-13,26-27H,4-5,7-9,14-15H2,1-3H3. The van der Waals surface area contributed by atoms with Crippen molar-refractivity contribution in [1.29, 1.82) is 0 Å². The summed E-state index contributed by atoms with van der Waals surface area (Å²) in [7, 11) is 0. The van der Waals surface area contributed by atoms with E-state index in [1.54, 1.807) is 17.8 Å². The van der Waals surface area contributed by atoms with E-state index in [0.717, 1.165) is 46.1 Å². The van der Waals surface area contributed by atoms with Crippen molar-refractivity contribution in [3.05, 3.63) is 52.0 Å². The second-order valence-electron chi connectivity index (χ2n) is 6.92. The maximum Gasteiger partial charge on any atom is 0.131 e. The monoisotopic (exact) mass is 435 g/mol. The summed E-state index contributed by atoms with van der Waals surface area (Å²) < 4.78 is 5.98. The van der Waals surface area contributed by atoms with Gasteiger partial charge in [-0.05, 0) is 49.9 Å². The molecule has 158 valence electrons. The van der Waals surface area contributed by atoms with E-state index >= 15 is 0 Å². The topological polar surface area (TPSA) is 62.1 Å². The molecule has 0 radical (unpaired) electrons. The van der Waals surface area contributed by atoms with Gasteiger partial charge < -0.3 is 15.1 Å². The number of aryl methyl sites for hydroxylation is 1. The van der Waals surface area contributed by atoms with E-state index < -0.39 is 0 Å². The predicted octanol–water partition coefficient (Wildman–Crippen LogP) is 6.85. The molecule has 2 aromatic rings. The Hall–Kier alpha value is -1.85. The lowest BCUT2D eigenvalue weighted by atomic mass is 9.98. The number of oxime groups is 1. The Labute approximate surface area is 182 Å². The molecule has 0 fully saturated rings. The number of halogens is 1. The van der Waals surface area contributed by atoms with Crippen LogP contribution >= 0.6 is 23.4 Å².